The Balaban J connectivity index is 0.000000228. The van der Waals surface area contributed by atoms with Gasteiger partial charge in [0.15, 0.2) is 0 Å². The lowest BCUT2D eigenvalue weighted by molar-refractivity contribution is 0.101. The zero-order chi connectivity index (χ0) is 43.5. The van der Waals surface area contributed by atoms with E-state index in [1.165, 1.54) is 74.2 Å². The van der Waals surface area contributed by atoms with Crippen LogP contribution in [0.2, 0.25) is 0 Å². The minimum Gasteiger partial charge on any atom is -0.481 e. The number of hydrogen-bond acceptors (Lipinski definition) is 16. The number of nitrogens with one attached hydrogen (secondary N) is 7. The fraction of sp³-hybridized carbons (Fsp3) is 0.114. The average molecular weight is 859 g/mol. The Kier molecular flexibility index (Phi) is 13.7. The minimum atomic E-state index is -4.40. The number of methoxy groups -OCH3 is 1. The van der Waals surface area contributed by atoms with Crippen LogP contribution in [0.1, 0.15) is 37.8 Å². The predicted octanol–water partition coefficient (Wildman–Crippen LogP) is 2.93. The van der Waals surface area contributed by atoms with Crippen LogP contribution in [0.4, 0.5) is 33.3 Å². The lowest BCUT2D eigenvalue weighted by Crippen LogP contribution is -2.36. The van der Waals surface area contributed by atoms with Crippen LogP contribution >= 0.6 is 0 Å². The number of urea groups is 2. The molecular weight excluding hydrogens is 825 g/mol. The fourth-order valence-electron chi connectivity index (χ4n) is 4.93. The van der Waals surface area contributed by atoms with E-state index in [0.717, 1.165) is 0 Å². The summed E-state index contributed by atoms with van der Waals surface area (Å²) in [5, 5.41) is 15.4. The Morgan fingerprint density at radius 1 is 0.583 bits per heavy atom. The maximum absolute atomic E-state index is 12.8. The third kappa shape index (κ3) is 11.8. The molecule has 0 aliphatic rings. The van der Waals surface area contributed by atoms with Crippen molar-refractivity contribution in [1.29, 1.82) is 0 Å². The maximum atomic E-state index is 12.8. The van der Waals surface area contributed by atoms with Gasteiger partial charge in [-0.25, -0.2) is 60.8 Å². The van der Waals surface area contributed by atoms with E-state index < -0.39 is 48.8 Å². The molecule has 23 nitrogen and oxygen atoms in total. The number of sulfonamides is 2. The summed E-state index contributed by atoms with van der Waals surface area (Å²) in [6.07, 6.45) is 2.73. The summed E-state index contributed by atoms with van der Waals surface area (Å²) in [7, 11) is -7.39. The van der Waals surface area contributed by atoms with Crippen molar-refractivity contribution in [2.75, 3.05) is 28.4 Å². The Morgan fingerprint density at radius 3 is 1.58 bits per heavy atom. The second-order valence-electron chi connectivity index (χ2n) is 11.9. The lowest BCUT2D eigenvalue weighted by Gasteiger charge is -2.12. The molecule has 310 valence electrons. The number of aromatic amines is 1. The second kappa shape index (κ2) is 19.0. The number of carbonyl (C=O) groups is 4. The molecule has 0 bridgehead atoms. The topological polar surface area (TPSA) is 324 Å². The van der Waals surface area contributed by atoms with Gasteiger partial charge in [-0.2, -0.15) is 4.98 Å². The van der Waals surface area contributed by atoms with E-state index in [1.54, 1.807) is 45.0 Å². The number of amides is 6. The molecule has 0 spiro atoms. The minimum absolute atomic E-state index is 0.0279. The van der Waals surface area contributed by atoms with Crippen LogP contribution in [-0.4, -0.2) is 87.9 Å². The van der Waals surface area contributed by atoms with E-state index in [1.807, 2.05) is 9.44 Å². The van der Waals surface area contributed by atoms with Gasteiger partial charge in [-0.05, 0) is 63.2 Å². The summed E-state index contributed by atoms with van der Waals surface area (Å²) in [4.78, 5) is 72.2. The number of carbonyl (C=O) groups excluding carboxylic acids is 4. The van der Waals surface area contributed by atoms with Crippen molar-refractivity contribution in [3.63, 3.8) is 0 Å². The van der Waals surface area contributed by atoms with E-state index in [2.05, 4.69) is 61.4 Å². The number of pyridine rings is 1. The maximum Gasteiger partial charge on any atom is 0.335 e. The molecule has 0 aliphatic heterocycles. The SMILES string of the molecule is COc1cc(C)nc(NC(=O)NS(=O)(=O)c2ccccc2C(=O)Nc2ccccn2)n1.Cc1cc(C)nc(NC(=O)NS(=O)(=O)c2ccccc2C(=O)Nc2nc[nH]n2)n1. The lowest BCUT2D eigenvalue weighted by atomic mass is 10.2. The van der Waals surface area contributed by atoms with Crippen molar-refractivity contribution in [3.8, 4) is 5.88 Å². The highest BCUT2D eigenvalue weighted by Crippen LogP contribution is 2.19. The molecule has 25 heteroatoms. The molecule has 0 fully saturated rings. The van der Waals surface area contributed by atoms with E-state index in [-0.39, 0.29) is 45.6 Å². The molecule has 7 N–H and O–H groups in total. The largest absolute Gasteiger partial charge is 0.481 e. The van der Waals surface area contributed by atoms with Crippen LogP contribution in [0.25, 0.3) is 0 Å². The van der Waals surface area contributed by atoms with Crippen LogP contribution in [-0.2, 0) is 20.0 Å². The quantitative estimate of drug-likeness (QED) is 0.0985. The van der Waals surface area contributed by atoms with Crippen molar-refractivity contribution in [2.45, 2.75) is 30.6 Å². The van der Waals surface area contributed by atoms with Gasteiger partial charge in [0.1, 0.15) is 21.9 Å². The zero-order valence-corrected chi connectivity index (χ0v) is 33.4. The highest BCUT2D eigenvalue weighted by atomic mass is 32.2. The molecule has 0 atom stereocenters. The van der Waals surface area contributed by atoms with Gasteiger partial charge in [0, 0.05) is 29.3 Å². The molecule has 4 heterocycles. The van der Waals surface area contributed by atoms with Gasteiger partial charge in [-0.1, -0.05) is 30.3 Å². The van der Waals surface area contributed by atoms with Crippen molar-refractivity contribution in [2.24, 2.45) is 0 Å². The number of aromatic nitrogens is 8. The first-order valence-electron chi connectivity index (χ1n) is 17.0. The fourth-order valence-corrected chi connectivity index (χ4v) is 7.15. The van der Waals surface area contributed by atoms with E-state index in [0.29, 0.717) is 17.1 Å². The highest BCUT2D eigenvalue weighted by molar-refractivity contribution is 7.90. The summed E-state index contributed by atoms with van der Waals surface area (Å²) >= 11 is 0. The monoisotopic (exact) mass is 858 g/mol. The number of ether oxygens (including phenoxy) is 1. The summed E-state index contributed by atoms with van der Waals surface area (Å²) in [6, 6.07) is 16.8. The molecule has 4 aromatic heterocycles. The van der Waals surface area contributed by atoms with Gasteiger partial charge in [0.25, 0.3) is 31.9 Å². The van der Waals surface area contributed by atoms with Crippen molar-refractivity contribution >= 4 is 67.6 Å². The second-order valence-corrected chi connectivity index (χ2v) is 15.2. The molecule has 2 aromatic carbocycles. The normalized spacial score (nSPS) is 10.9. The van der Waals surface area contributed by atoms with Gasteiger partial charge in [-0.15, -0.1) is 5.10 Å². The third-order valence-electron chi connectivity index (χ3n) is 7.32. The van der Waals surface area contributed by atoms with E-state index in [4.69, 9.17) is 4.74 Å². The molecule has 6 aromatic rings. The van der Waals surface area contributed by atoms with E-state index >= 15 is 0 Å². The molecular formula is C35H34N14O9S2. The number of H-pyrrole nitrogens is 1. The molecule has 6 amide bonds. The van der Waals surface area contributed by atoms with E-state index in [9.17, 15) is 36.0 Å². The summed E-state index contributed by atoms with van der Waals surface area (Å²) in [5.41, 5.74) is 1.35. The Labute approximate surface area is 341 Å². The number of hydrogen-bond donors (Lipinski definition) is 7. The van der Waals surface area contributed by atoms with Crippen molar-refractivity contribution in [1.82, 2.24) is 49.5 Å². The summed E-state index contributed by atoms with van der Waals surface area (Å²) < 4.78 is 59.5. The van der Waals surface area contributed by atoms with Gasteiger partial charge in [0.05, 0.1) is 18.2 Å². The van der Waals surface area contributed by atoms with Gasteiger partial charge < -0.3 is 10.1 Å². The number of anilines is 4. The predicted molar refractivity (Wildman–Crippen MR) is 213 cm³/mol. The first-order valence-corrected chi connectivity index (χ1v) is 20.0. The zero-order valence-electron chi connectivity index (χ0n) is 31.8. The third-order valence-corrected chi connectivity index (χ3v) is 10.1. The number of aryl methyl sites for hydroxylation is 3. The molecule has 0 aliphatic carbocycles. The van der Waals surface area contributed by atoms with Crippen LogP contribution < -0.4 is 35.4 Å². The number of rotatable bonds is 11. The number of benzene rings is 2. The molecule has 6 rings (SSSR count). The summed E-state index contributed by atoms with van der Waals surface area (Å²) in [6.45, 7) is 5.07. The summed E-state index contributed by atoms with van der Waals surface area (Å²) in [5.74, 6) is -1.25. The molecule has 0 radical (unpaired) electrons. The van der Waals surface area contributed by atoms with Crippen LogP contribution in [0.15, 0.2) is 101 Å². The average Bonchev–Trinajstić information content (AvgIpc) is 3.70. The number of nitrogens with zero attached hydrogens (tertiary/aromatic N) is 7. The van der Waals surface area contributed by atoms with Crippen molar-refractivity contribution in [3.05, 3.63) is 120 Å². The Morgan fingerprint density at radius 2 is 1.08 bits per heavy atom. The van der Waals surface area contributed by atoms with Gasteiger partial charge in [0.2, 0.25) is 23.7 Å². The molecule has 0 unspecified atom stereocenters. The molecule has 60 heavy (non-hydrogen) atoms. The Bertz CT molecular complexity index is 2740. The smallest absolute Gasteiger partial charge is 0.335 e. The van der Waals surface area contributed by atoms with Crippen LogP contribution in [0.5, 0.6) is 5.88 Å². The molecule has 0 saturated carbocycles. The molecule has 0 saturated heterocycles. The standard InChI is InChI=1S/C19H18N6O5S.C16H16N8O4S/c1-12-11-16(30-2)23-18(21-12)24-19(27)25-31(28,29)14-8-4-3-7-13(14)17(26)22-15-9-5-6-10-20-15;1-9-7-10(2)20-15(19-9)22-16(26)24-29(27,28)12-6-4-3-5-11(12)13(25)21-14-17-8-18-23-14/h3-11H,1-2H3,(H,20,22,26)(H2,21,23,24,25,27);3-8H,1-2H3,(H2,17,18,21,23,25)(H2,19,20,22,24,26). The highest BCUT2D eigenvalue weighted by Gasteiger charge is 2.26. The van der Waals surface area contributed by atoms with Crippen LogP contribution in [0.3, 0.4) is 0 Å². The first-order chi connectivity index (χ1) is 28.5. The van der Waals surface area contributed by atoms with Crippen molar-refractivity contribution < 1.29 is 40.8 Å². The van der Waals surface area contributed by atoms with Gasteiger partial charge >= 0.3 is 12.1 Å². The first kappa shape index (κ1) is 43.2. The Hall–Kier alpha value is -7.93. The van der Waals surface area contributed by atoms with Crippen LogP contribution in [0, 0.1) is 20.8 Å². The van der Waals surface area contributed by atoms with Gasteiger partial charge in [-0.3, -0.25) is 30.6 Å².